The number of esters is 2. The molecule has 4 amide bonds. The summed E-state index contributed by atoms with van der Waals surface area (Å²) in [4.78, 5) is 90.3. The van der Waals surface area contributed by atoms with E-state index in [4.69, 9.17) is 248 Å². The van der Waals surface area contributed by atoms with Gasteiger partial charge in [0, 0.05) is 5.56 Å². The molecule has 5 aliphatic rings. The molecule has 33 nitrogen and oxygen atoms in total. The van der Waals surface area contributed by atoms with Crippen LogP contribution in [0.15, 0.2) is 255 Å². The first-order valence-corrected chi connectivity index (χ1v) is 50.7. The highest BCUT2D eigenvalue weighted by Crippen LogP contribution is 2.43. The molecular weight excluding hydrogens is 2160 g/mol. The Morgan fingerprint density at radius 1 is 0.336 bits per heavy atom. The Morgan fingerprint density at radius 3 is 0.952 bits per heavy atom. The van der Waals surface area contributed by atoms with Crippen LogP contribution in [-0.2, 0) is 165 Å². The summed E-state index contributed by atoms with van der Waals surface area (Å²) in [7, 11) is 0. The molecule has 5 aliphatic heterocycles. The van der Waals surface area contributed by atoms with Gasteiger partial charge in [0.15, 0.2) is 43.7 Å². The summed E-state index contributed by atoms with van der Waals surface area (Å²) in [6.07, 6.45) is -35.6. The summed E-state index contributed by atoms with van der Waals surface area (Å²) in [5.41, 5.74) is 4.87. The summed E-state index contributed by atoms with van der Waals surface area (Å²) in [6.45, 7) is -0.453. The highest BCUT2D eigenvalue weighted by atomic mass is 35.6. The van der Waals surface area contributed by atoms with Gasteiger partial charge in [0.25, 0.3) is 0 Å². The largest absolute Gasteiger partial charge is 0.459 e. The number of alkyl carbamates (subject to hydrolysis) is 4. The molecule has 0 saturated carbocycles. The van der Waals surface area contributed by atoms with Crippen molar-refractivity contribution in [1.82, 2.24) is 21.3 Å². The number of carbonyl (C=O) groups excluding carboxylic acids is 6. The third kappa shape index (κ3) is 37.1. The van der Waals surface area contributed by atoms with E-state index in [0.717, 1.165) is 0 Å². The number of amides is 4. The molecule has 0 bridgehead atoms. The van der Waals surface area contributed by atoms with Crippen LogP contribution < -0.4 is 21.3 Å². The minimum atomic E-state index is -2.30. The predicted octanol–water partition coefficient (Wildman–Crippen LogP) is 18.1. The molecule has 45 heteroatoms. The lowest BCUT2D eigenvalue weighted by molar-refractivity contribution is -0.381. The Balaban J connectivity index is 1.00. The van der Waals surface area contributed by atoms with Gasteiger partial charge in [-0.2, -0.15) is 0 Å². The SMILES string of the molecule is C=CCO[C@H]1O[C@H](COCc2ccccc2)[C@@H](O[C@@H]2O[C@H](COCc3ccccc3)[C@@H](O[C@@H]3O[C@H](COCc4ccccc4)[C@@H](O[C@@H]4O[C@@H]5COC(c6ccccc6)O[C@H]5[C@H](OCc5ccccc5)[C@H]4NC(=O)OCC(Cl)(Cl)Cl)[C@H](OC(C)C(=O)OCc4ccccc4)[C@H]3NC(=O)OCC(Cl)(Cl)Cl)[C@H](OCc3ccccc3)[C@H]2NC(=O)OCC(Cl)(Cl)Cl)[C@H](OC(C)C(=O)OCc2ccccc2)[C@H]1NC(=O)OCC(Cl)(Cl)Cl. The molecule has 8 aromatic rings. The molecule has 146 heavy (non-hydrogen) atoms. The van der Waals surface area contributed by atoms with E-state index in [1.807, 2.05) is 30.3 Å². The molecule has 23 atom stereocenters. The van der Waals surface area contributed by atoms with Crippen LogP contribution in [0.4, 0.5) is 19.2 Å². The smallest absolute Gasteiger partial charge is 0.407 e. The van der Waals surface area contributed by atoms with Crippen molar-refractivity contribution in [3.05, 3.63) is 300 Å². The lowest BCUT2D eigenvalue weighted by atomic mass is 9.92. The van der Waals surface area contributed by atoms with Crippen molar-refractivity contribution < 1.29 is 138 Å². The lowest BCUT2D eigenvalue weighted by Crippen LogP contribution is -2.73. The number of halogens is 12. The van der Waals surface area contributed by atoms with Crippen molar-refractivity contribution in [3.63, 3.8) is 0 Å². The van der Waals surface area contributed by atoms with E-state index in [1.54, 1.807) is 212 Å². The molecule has 0 aromatic heterocycles. The zero-order valence-electron chi connectivity index (χ0n) is 78.3. The normalized spacial score (nSPS) is 25.8. The molecule has 13 rings (SSSR count). The van der Waals surface area contributed by atoms with Crippen molar-refractivity contribution >= 4 is 176 Å². The number of rotatable bonds is 46. The number of alkyl halides is 12. The summed E-state index contributed by atoms with van der Waals surface area (Å²) in [5.74, 6) is -1.93. The molecule has 0 radical (unpaired) electrons. The zero-order valence-corrected chi connectivity index (χ0v) is 87.4. The van der Waals surface area contributed by atoms with Crippen LogP contribution in [0.5, 0.6) is 0 Å². The topological polar surface area (TPSA) is 363 Å². The second-order valence-electron chi connectivity index (χ2n) is 33.9. The Morgan fingerprint density at radius 2 is 0.616 bits per heavy atom. The van der Waals surface area contributed by atoms with Crippen LogP contribution in [0, 0.1) is 0 Å². The quantitative estimate of drug-likeness (QED) is 0.0119. The number of nitrogens with one attached hydrogen (secondary N) is 4. The molecule has 4 N–H and O–H groups in total. The fourth-order valence-electron chi connectivity index (χ4n) is 16.1. The number of hydrogen-bond donors (Lipinski definition) is 4. The van der Waals surface area contributed by atoms with Gasteiger partial charge in [-0.25, -0.2) is 28.8 Å². The molecule has 790 valence electrons. The zero-order chi connectivity index (χ0) is 104. The van der Waals surface area contributed by atoms with Crippen molar-refractivity contribution in [2.75, 3.05) is 59.5 Å². The number of fused-ring (bicyclic) bond motifs is 1. The third-order valence-corrected chi connectivity index (χ3v) is 24.1. The highest BCUT2D eigenvalue weighted by molar-refractivity contribution is 6.69. The first-order valence-electron chi connectivity index (χ1n) is 46.1. The minimum absolute atomic E-state index is 0.0753. The molecule has 3 unspecified atom stereocenters. The molecule has 0 spiro atoms. The van der Waals surface area contributed by atoms with Crippen LogP contribution in [0.2, 0.25) is 0 Å². The average Bonchev–Trinajstić information content (AvgIpc) is 0.757. The Kier molecular flexibility index (Phi) is 45.2. The first-order chi connectivity index (χ1) is 70.1. The molecule has 5 heterocycles. The van der Waals surface area contributed by atoms with Gasteiger partial charge in [-0.3, -0.25) is 0 Å². The van der Waals surface area contributed by atoms with Gasteiger partial charge in [0.1, 0.15) is 137 Å². The van der Waals surface area contributed by atoms with E-state index in [0.29, 0.717) is 44.5 Å². The second-order valence-corrected chi connectivity index (χ2v) is 44.0. The molecule has 8 aromatic carbocycles. The summed E-state index contributed by atoms with van der Waals surface area (Å²) >= 11 is 75.8. The minimum Gasteiger partial charge on any atom is -0.459 e. The van der Waals surface area contributed by atoms with Crippen molar-refractivity contribution in [3.8, 4) is 0 Å². The fraction of sp³-hybridized carbons (Fsp3) is 0.446. The van der Waals surface area contributed by atoms with Gasteiger partial charge in [0.2, 0.25) is 15.2 Å². The molecule has 5 saturated heterocycles. The first kappa shape index (κ1) is 115. The van der Waals surface area contributed by atoms with Gasteiger partial charge in [-0.1, -0.05) is 388 Å². The van der Waals surface area contributed by atoms with E-state index < -0.39 is 245 Å². The Hall–Kier alpha value is -7.68. The maximum atomic E-state index is 15.5. The molecule has 0 aliphatic carbocycles. The van der Waals surface area contributed by atoms with Crippen LogP contribution in [-0.4, -0.2) is 246 Å². The monoisotopic (exact) mass is 2260 g/mol. The third-order valence-electron chi connectivity index (χ3n) is 22.8. The van der Waals surface area contributed by atoms with Crippen molar-refractivity contribution in [2.45, 2.75) is 216 Å². The van der Waals surface area contributed by atoms with E-state index in [9.17, 15) is 14.4 Å². The van der Waals surface area contributed by atoms with Gasteiger partial charge in [-0.05, 0) is 52.8 Å². The van der Waals surface area contributed by atoms with Gasteiger partial charge in [0.05, 0.1) is 66.1 Å². The molecular formula is C101H108Cl12N4O29. The van der Waals surface area contributed by atoms with Gasteiger partial charge < -0.3 is 130 Å². The number of benzene rings is 8. The fourth-order valence-corrected chi connectivity index (χ4v) is 16.8. The molecule has 5 fully saturated rings. The summed E-state index contributed by atoms with van der Waals surface area (Å²) < 4.78 is 146. The highest BCUT2D eigenvalue weighted by Gasteiger charge is 2.61. The van der Waals surface area contributed by atoms with E-state index >= 15 is 14.4 Å². The predicted molar refractivity (Wildman–Crippen MR) is 539 cm³/mol. The maximum absolute atomic E-state index is 15.5. The average molecular weight is 2270 g/mol. The van der Waals surface area contributed by atoms with Crippen LogP contribution in [0.25, 0.3) is 0 Å². The second kappa shape index (κ2) is 57.1. The van der Waals surface area contributed by atoms with Crippen LogP contribution in [0.3, 0.4) is 0 Å². The van der Waals surface area contributed by atoms with E-state index in [-0.39, 0.29) is 52.9 Å². The van der Waals surface area contributed by atoms with Crippen LogP contribution in [0.1, 0.15) is 64.6 Å². The summed E-state index contributed by atoms with van der Waals surface area (Å²) in [6, 6.07) is 63.8. The van der Waals surface area contributed by atoms with Gasteiger partial charge in [-0.15, -0.1) is 6.58 Å². The number of carbonyl (C=O) groups is 6. The summed E-state index contributed by atoms with van der Waals surface area (Å²) in [5, 5.41) is 11.3. The number of ether oxygens (including phenoxy) is 23. The Bertz CT molecular complexity index is 5320. The van der Waals surface area contributed by atoms with E-state index in [1.165, 1.54) is 19.9 Å². The van der Waals surface area contributed by atoms with Gasteiger partial charge >= 0.3 is 36.3 Å². The standard InChI is InChI=1S/C101H108Cl12N4O29/c1-4-45-127-90-77(116-96(122)135-59-100(108,109)110)85(137-61(2)87(118)130-51-68-39-23-10-24-40-68)81(72(139-90)54-125-47-64-31-15-6-16-32-64)145-91-75(114-94(120)133-57-98(102,103)104)83(128-49-66-35-19-8-20-36-66)79(71(140-91)53-124-46-63-29-13-5-14-30-63)144-93-78(117-97(123)136-60-101(111,112)113)86(138-62(3)88(119)131-52-69-41-25-11-26-42-69)82(73(141-93)55-126-48-65-33-17-7-18-34-65)146-92-76(115-95(121)134-58-99(105,106)107)84(129-50-67-37-21-9-22-38-67)80-74(142-92)56-132-89(143-80)70-43-27-12-28-44-70/h4-44,61-62,71-86,89-93H,1,45-60H2,2-3H3,(H,114,120)(H,115,121)(H,116,122)(H,117,123)/t61?,62?,71-,72-,73-,74-,75-,76-,77-,78-,79-,80-,81-,82-,83-,84-,85-,86-,89?,90+,91+,92+,93+/m1/s1. The lowest BCUT2D eigenvalue weighted by Gasteiger charge is -2.53. The maximum Gasteiger partial charge on any atom is 0.407 e. The Labute approximate surface area is 903 Å². The van der Waals surface area contributed by atoms with Crippen molar-refractivity contribution in [2.24, 2.45) is 0 Å². The van der Waals surface area contributed by atoms with Crippen molar-refractivity contribution in [1.29, 1.82) is 0 Å². The van der Waals surface area contributed by atoms with E-state index in [2.05, 4.69) is 27.8 Å². The van der Waals surface area contributed by atoms with Crippen LogP contribution >= 0.6 is 139 Å². The number of hydrogen-bond acceptors (Lipinski definition) is 29.